The minimum absolute atomic E-state index is 0.114. The molecule has 0 amide bonds. The Morgan fingerprint density at radius 3 is 1.21 bits per heavy atom. The first-order chi connectivity index (χ1) is 13.2. The maximum atomic E-state index is 5.08. The largest absolute Gasteiger partial charge is 0.467 e. The normalized spacial score (nSPS) is 11.9. The monoisotopic (exact) mass is 413 g/mol. The van der Waals surface area contributed by atoms with E-state index in [1.165, 1.54) is 21.1 Å². The SMILES string of the molecule is CC1=CC=C(C)[SiH2]1.Cc1ccc(C)[nH]1.Cc1ccc(C)o1.Cc1ccc(C)s1. The predicted octanol–water partition coefficient (Wildman–Crippen LogP) is 6.87. The van der Waals surface area contributed by atoms with Gasteiger partial charge in [-0.3, -0.25) is 0 Å². The molecule has 4 rings (SSSR count). The second kappa shape index (κ2) is 12.4. The third kappa shape index (κ3) is 10.9. The van der Waals surface area contributed by atoms with E-state index in [9.17, 15) is 0 Å². The molecule has 28 heavy (non-hydrogen) atoms. The molecule has 0 unspecified atom stereocenters. The van der Waals surface area contributed by atoms with Crippen LogP contribution in [0.1, 0.15) is 46.5 Å². The van der Waals surface area contributed by atoms with Crippen LogP contribution in [-0.2, 0) is 0 Å². The first-order valence-corrected chi connectivity index (χ1v) is 11.9. The smallest absolute Gasteiger partial charge is 0.101 e. The number of thiophene rings is 1. The van der Waals surface area contributed by atoms with Crippen LogP contribution in [0.15, 0.2) is 63.4 Å². The number of furan rings is 1. The van der Waals surface area contributed by atoms with E-state index in [-0.39, 0.29) is 9.52 Å². The summed E-state index contributed by atoms with van der Waals surface area (Å²) in [5.74, 6) is 1.97. The minimum atomic E-state index is 0.114. The van der Waals surface area contributed by atoms with Crippen molar-refractivity contribution in [2.75, 3.05) is 0 Å². The van der Waals surface area contributed by atoms with Crippen molar-refractivity contribution in [3.63, 3.8) is 0 Å². The summed E-state index contributed by atoms with van der Waals surface area (Å²) in [5, 5.41) is 3.25. The topological polar surface area (TPSA) is 28.9 Å². The van der Waals surface area contributed by atoms with E-state index < -0.39 is 0 Å². The quantitative estimate of drug-likeness (QED) is 0.400. The van der Waals surface area contributed by atoms with Crippen LogP contribution in [0.25, 0.3) is 0 Å². The van der Waals surface area contributed by atoms with Crippen molar-refractivity contribution in [3.05, 3.63) is 91.6 Å². The van der Waals surface area contributed by atoms with E-state index in [4.69, 9.17) is 4.42 Å². The number of allylic oxidation sites excluding steroid dienone is 4. The standard InChI is InChI=1S/C6H9N.C6H8O.C6H8S.C6H10Si/c4*1-5-3-4-6(2)7-5/h3-4,7H,1-2H3;2*3-4H,1-2H3;3-4H,7H2,1-2H3. The molecule has 1 aliphatic rings. The molecule has 2 nitrogen and oxygen atoms in total. The minimum Gasteiger partial charge on any atom is -0.467 e. The summed E-state index contributed by atoms with van der Waals surface area (Å²) in [6.45, 7) is 16.7. The molecule has 0 saturated carbocycles. The molecule has 3 aromatic heterocycles. The van der Waals surface area contributed by atoms with Crippen LogP contribution in [0.4, 0.5) is 0 Å². The Hall–Kier alpha value is -2.04. The highest BCUT2D eigenvalue weighted by Gasteiger charge is 1.96. The number of rotatable bonds is 0. The van der Waals surface area contributed by atoms with E-state index in [1.807, 2.05) is 51.2 Å². The third-order valence-corrected chi connectivity index (χ3v) is 6.44. The second-order valence-electron chi connectivity index (χ2n) is 7.34. The molecular formula is C24H35NOSSi. The fraction of sp³-hybridized carbons (Fsp3) is 0.333. The van der Waals surface area contributed by atoms with Gasteiger partial charge in [0.25, 0.3) is 0 Å². The van der Waals surface area contributed by atoms with Gasteiger partial charge in [0.1, 0.15) is 11.5 Å². The number of H-pyrrole nitrogens is 1. The summed E-state index contributed by atoms with van der Waals surface area (Å²) < 4.78 is 5.08. The van der Waals surface area contributed by atoms with E-state index in [0.29, 0.717) is 0 Å². The molecule has 152 valence electrons. The van der Waals surface area contributed by atoms with Crippen LogP contribution in [0.2, 0.25) is 0 Å². The van der Waals surface area contributed by atoms with E-state index in [2.05, 4.69) is 69.1 Å². The van der Waals surface area contributed by atoms with Gasteiger partial charge in [0.15, 0.2) is 0 Å². The third-order valence-electron chi connectivity index (χ3n) is 3.94. The molecule has 0 aliphatic carbocycles. The first-order valence-electron chi connectivity index (χ1n) is 9.67. The van der Waals surface area contributed by atoms with Gasteiger partial charge in [0.2, 0.25) is 0 Å². The van der Waals surface area contributed by atoms with Crippen LogP contribution in [0.5, 0.6) is 0 Å². The highest BCUT2D eigenvalue weighted by atomic mass is 32.1. The highest BCUT2D eigenvalue weighted by Crippen LogP contribution is 2.12. The van der Waals surface area contributed by atoms with Gasteiger partial charge in [-0.05, 0) is 91.8 Å². The molecule has 0 atom stereocenters. The molecule has 1 N–H and O–H groups in total. The summed E-state index contributed by atoms with van der Waals surface area (Å²) in [4.78, 5) is 5.94. The van der Waals surface area contributed by atoms with E-state index in [0.717, 1.165) is 11.5 Å². The molecule has 0 spiro atoms. The molecule has 0 aromatic carbocycles. The lowest BCUT2D eigenvalue weighted by Crippen LogP contribution is -1.86. The van der Waals surface area contributed by atoms with Gasteiger partial charge in [-0.25, -0.2) is 0 Å². The van der Waals surface area contributed by atoms with Gasteiger partial charge >= 0.3 is 0 Å². The number of aromatic nitrogens is 1. The number of aromatic amines is 1. The average molecular weight is 414 g/mol. The molecule has 0 radical (unpaired) electrons. The molecule has 4 heteroatoms. The van der Waals surface area contributed by atoms with E-state index in [1.54, 1.807) is 10.4 Å². The molecule has 3 aromatic rings. The van der Waals surface area contributed by atoms with Crippen LogP contribution in [-0.4, -0.2) is 14.5 Å². The first kappa shape index (κ1) is 24.0. The lowest BCUT2D eigenvalue weighted by atomic mass is 10.5. The number of aryl methyl sites for hydroxylation is 6. The molecule has 0 saturated heterocycles. The van der Waals surface area contributed by atoms with Gasteiger partial charge in [-0.2, -0.15) is 0 Å². The lowest BCUT2D eigenvalue weighted by molar-refractivity contribution is 0.504. The Balaban J connectivity index is 0.000000187. The molecule has 4 heterocycles. The number of hydrogen-bond donors (Lipinski definition) is 1. The second-order valence-corrected chi connectivity index (χ2v) is 11.4. The Morgan fingerprint density at radius 1 is 0.643 bits per heavy atom. The van der Waals surface area contributed by atoms with Gasteiger partial charge in [0, 0.05) is 21.1 Å². The van der Waals surface area contributed by atoms with Crippen molar-refractivity contribution in [3.8, 4) is 0 Å². The Morgan fingerprint density at radius 2 is 1.07 bits per heavy atom. The van der Waals surface area contributed by atoms with Crippen molar-refractivity contribution >= 4 is 20.9 Å². The van der Waals surface area contributed by atoms with Gasteiger partial charge in [0.05, 0.1) is 9.52 Å². The van der Waals surface area contributed by atoms with Crippen molar-refractivity contribution in [1.82, 2.24) is 4.98 Å². The Bertz CT molecular complexity index is 739. The number of nitrogens with one attached hydrogen (secondary N) is 1. The maximum absolute atomic E-state index is 5.08. The zero-order valence-corrected chi connectivity index (χ0v) is 20.9. The summed E-state index contributed by atoms with van der Waals surface area (Å²) >= 11 is 1.84. The Labute approximate surface area is 177 Å². The average Bonchev–Trinajstić information content (AvgIpc) is 3.37. The number of hydrogen-bond acceptors (Lipinski definition) is 2. The van der Waals surface area contributed by atoms with Crippen molar-refractivity contribution in [2.45, 2.75) is 55.4 Å². The fourth-order valence-electron chi connectivity index (χ4n) is 2.60. The lowest BCUT2D eigenvalue weighted by Gasteiger charge is -1.85. The molecular weight excluding hydrogens is 378 g/mol. The zero-order valence-electron chi connectivity index (χ0n) is 18.6. The van der Waals surface area contributed by atoms with Gasteiger partial charge in [-0.1, -0.05) is 22.5 Å². The molecule has 1 aliphatic heterocycles. The summed E-state index contributed by atoms with van der Waals surface area (Å²) in [5.41, 5.74) is 2.47. The molecule has 0 fully saturated rings. The van der Waals surface area contributed by atoms with Crippen molar-refractivity contribution in [2.24, 2.45) is 0 Å². The summed E-state index contributed by atoms with van der Waals surface area (Å²) in [7, 11) is 0.114. The summed E-state index contributed by atoms with van der Waals surface area (Å²) in [6, 6.07) is 12.3. The maximum Gasteiger partial charge on any atom is 0.101 e. The van der Waals surface area contributed by atoms with Crippen molar-refractivity contribution < 1.29 is 4.42 Å². The zero-order chi connectivity index (χ0) is 21.1. The Kier molecular flexibility index (Phi) is 10.6. The van der Waals surface area contributed by atoms with Gasteiger partial charge < -0.3 is 9.40 Å². The van der Waals surface area contributed by atoms with Crippen LogP contribution in [0.3, 0.4) is 0 Å². The highest BCUT2D eigenvalue weighted by molar-refractivity contribution is 7.11. The van der Waals surface area contributed by atoms with Crippen LogP contribution in [0, 0.1) is 41.5 Å². The van der Waals surface area contributed by atoms with Crippen LogP contribution >= 0.6 is 11.3 Å². The van der Waals surface area contributed by atoms with Gasteiger partial charge in [-0.15, -0.1) is 11.3 Å². The van der Waals surface area contributed by atoms with Crippen molar-refractivity contribution in [1.29, 1.82) is 0 Å². The molecule has 0 bridgehead atoms. The van der Waals surface area contributed by atoms with E-state index >= 15 is 0 Å². The van der Waals surface area contributed by atoms with Crippen LogP contribution < -0.4 is 0 Å². The fourth-order valence-corrected chi connectivity index (χ4v) is 4.73. The summed E-state index contributed by atoms with van der Waals surface area (Å²) in [6.07, 6.45) is 4.48. The predicted molar refractivity (Wildman–Crippen MR) is 128 cm³/mol.